The van der Waals surface area contributed by atoms with Crippen molar-refractivity contribution in [1.82, 2.24) is 0 Å². The van der Waals surface area contributed by atoms with Crippen LogP contribution in [0.1, 0.15) is 15.9 Å². The van der Waals surface area contributed by atoms with Crippen LogP contribution in [-0.2, 0) is 4.74 Å². The van der Waals surface area contributed by atoms with E-state index in [1.165, 1.54) is 7.11 Å². The molecule has 2 N–H and O–H groups in total. The van der Waals surface area contributed by atoms with Crippen molar-refractivity contribution in [2.45, 2.75) is 0 Å². The molecule has 0 saturated carbocycles. The van der Waals surface area contributed by atoms with Gasteiger partial charge in [-0.3, -0.25) is 0 Å². The minimum atomic E-state index is -0.407. The topological polar surface area (TPSA) is 76.1 Å². The first kappa shape index (κ1) is 12.9. The monoisotopic (exact) mass is 246 g/mol. The number of nitriles is 1. The number of carbonyl (C=O) groups is 1. The van der Waals surface area contributed by atoms with Crippen LogP contribution < -0.4 is 5.73 Å². The van der Waals surface area contributed by atoms with E-state index < -0.39 is 5.97 Å². The van der Waals surface area contributed by atoms with E-state index in [9.17, 15) is 4.79 Å². The van der Waals surface area contributed by atoms with Crippen LogP contribution in [0.25, 0.3) is 6.08 Å². The van der Waals surface area contributed by atoms with Gasteiger partial charge in [0.1, 0.15) is 11.1 Å². The van der Waals surface area contributed by atoms with Gasteiger partial charge in [-0.05, 0) is 23.8 Å². The second kappa shape index (κ2) is 5.77. The summed E-state index contributed by atoms with van der Waals surface area (Å²) in [7, 11) is 1.32. The standard InChI is InChI=1S/C12H10N2O2S/c1-16-12(15)9-4-2-8(3-5-9)6-10(7-13)11(14)17/h2-6H,1H3,(H2,14,17). The van der Waals surface area contributed by atoms with Crippen molar-refractivity contribution in [2.24, 2.45) is 5.73 Å². The Hall–Kier alpha value is -2.19. The molecule has 86 valence electrons. The summed E-state index contributed by atoms with van der Waals surface area (Å²) in [6.45, 7) is 0. The molecule has 0 aliphatic rings. The zero-order valence-electron chi connectivity index (χ0n) is 9.14. The van der Waals surface area contributed by atoms with E-state index >= 15 is 0 Å². The summed E-state index contributed by atoms with van der Waals surface area (Å²) in [5.74, 6) is -0.407. The molecule has 0 aromatic heterocycles. The summed E-state index contributed by atoms with van der Waals surface area (Å²) in [6, 6.07) is 8.47. The third-order valence-corrected chi connectivity index (χ3v) is 2.25. The molecule has 1 rings (SSSR count). The minimum Gasteiger partial charge on any atom is -0.465 e. The van der Waals surface area contributed by atoms with Crippen molar-refractivity contribution < 1.29 is 9.53 Å². The molecule has 0 amide bonds. The molecule has 17 heavy (non-hydrogen) atoms. The van der Waals surface area contributed by atoms with Crippen molar-refractivity contribution >= 4 is 29.3 Å². The maximum absolute atomic E-state index is 11.2. The lowest BCUT2D eigenvalue weighted by molar-refractivity contribution is 0.0601. The van der Waals surface area contributed by atoms with E-state index in [1.807, 2.05) is 6.07 Å². The van der Waals surface area contributed by atoms with Gasteiger partial charge in [-0.15, -0.1) is 0 Å². The first-order valence-corrected chi connectivity index (χ1v) is 5.09. The number of ether oxygens (including phenoxy) is 1. The largest absolute Gasteiger partial charge is 0.465 e. The molecule has 0 saturated heterocycles. The Bertz CT molecular complexity index is 512. The maximum Gasteiger partial charge on any atom is 0.337 e. The molecule has 0 unspecified atom stereocenters. The molecule has 1 aromatic carbocycles. The molecule has 0 bridgehead atoms. The van der Waals surface area contributed by atoms with Crippen LogP contribution in [0, 0.1) is 11.3 Å². The molecule has 0 spiro atoms. The van der Waals surface area contributed by atoms with E-state index in [2.05, 4.69) is 4.74 Å². The van der Waals surface area contributed by atoms with Crippen LogP contribution >= 0.6 is 12.2 Å². The van der Waals surface area contributed by atoms with Gasteiger partial charge < -0.3 is 10.5 Å². The van der Waals surface area contributed by atoms with Crippen LogP contribution in [0.4, 0.5) is 0 Å². The summed E-state index contributed by atoms with van der Waals surface area (Å²) in [5, 5.41) is 8.78. The number of hydrogen-bond donors (Lipinski definition) is 1. The van der Waals surface area contributed by atoms with Gasteiger partial charge in [-0.25, -0.2) is 4.79 Å². The molecule has 0 atom stereocenters. The van der Waals surface area contributed by atoms with Gasteiger partial charge in [0.25, 0.3) is 0 Å². The number of thiocarbonyl (C=S) groups is 1. The number of esters is 1. The fourth-order valence-electron chi connectivity index (χ4n) is 1.16. The quantitative estimate of drug-likeness (QED) is 0.380. The number of nitrogens with two attached hydrogens (primary N) is 1. The smallest absolute Gasteiger partial charge is 0.337 e. The van der Waals surface area contributed by atoms with Crippen molar-refractivity contribution in [3.63, 3.8) is 0 Å². The summed E-state index contributed by atoms with van der Waals surface area (Å²) in [4.78, 5) is 11.2. The fraction of sp³-hybridized carbons (Fsp3) is 0.0833. The summed E-state index contributed by atoms with van der Waals surface area (Å²) in [6.07, 6.45) is 1.56. The fourth-order valence-corrected chi connectivity index (χ4v) is 1.26. The van der Waals surface area contributed by atoms with Gasteiger partial charge >= 0.3 is 5.97 Å². The van der Waals surface area contributed by atoms with Crippen LogP contribution in [0.15, 0.2) is 29.8 Å². The van der Waals surface area contributed by atoms with Crippen molar-refractivity contribution in [1.29, 1.82) is 5.26 Å². The van der Waals surface area contributed by atoms with Gasteiger partial charge in [0.05, 0.1) is 18.2 Å². The highest BCUT2D eigenvalue weighted by Gasteiger charge is 2.04. The van der Waals surface area contributed by atoms with Gasteiger partial charge in [0.2, 0.25) is 0 Å². The second-order valence-corrected chi connectivity index (χ2v) is 3.59. The minimum absolute atomic E-state index is 0.0459. The Balaban J connectivity index is 3.00. The van der Waals surface area contributed by atoms with Gasteiger partial charge in [0.15, 0.2) is 0 Å². The molecule has 0 aliphatic heterocycles. The zero-order chi connectivity index (χ0) is 12.8. The number of carbonyl (C=O) groups excluding carboxylic acids is 1. The Morgan fingerprint density at radius 1 is 1.47 bits per heavy atom. The van der Waals surface area contributed by atoms with Crippen LogP contribution in [-0.4, -0.2) is 18.1 Å². The lowest BCUT2D eigenvalue weighted by Crippen LogP contribution is -2.09. The van der Waals surface area contributed by atoms with Crippen LogP contribution in [0.5, 0.6) is 0 Å². The highest BCUT2D eigenvalue weighted by Crippen LogP contribution is 2.10. The number of hydrogen-bond acceptors (Lipinski definition) is 4. The second-order valence-electron chi connectivity index (χ2n) is 3.15. The molecule has 0 heterocycles. The molecule has 0 aliphatic carbocycles. The highest BCUT2D eigenvalue weighted by atomic mass is 32.1. The average molecular weight is 246 g/mol. The third-order valence-electron chi connectivity index (χ3n) is 2.03. The van der Waals surface area contributed by atoms with Crippen LogP contribution in [0.3, 0.4) is 0 Å². The first-order chi connectivity index (χ1) is 8.08. The Kier molecular flexibility index (Phi) is 4.37. The predicted octanol–water partition coefficient (Wildman–Crippen LogP) is 1.67. The zero-order valence-corrected chi connectivity index (χ0v) is 9.95. The molecule has 0 fully saturated rings. The summed E-state index contributed by atoms with van der Waals surface area (Å²) < 4.78 is 4.57. The maximum atomic E-state index is 11.2. The number of methoxy groups -OCH3 is 1. The highest BCUT2D eigenvalue weighted by molar-refractivity contribution is 7.80. The summed E-state index contributed by atoms with van der Waals surface area (Å²) >= 11 is 4.71. The third kappa shape index (κ3) is 3.40. The lowest BCUT2D eigenvalue weighted by Gasteiger charge is -2.00. The van der Waals surface area contributed by atoms with E-state index in [0.29, 0.717) is 5.56 Å². The van der Waals surface area contributed by atoms with Gasteiger partial charge in [-0.2, -0.15) is 5.26 Å². The Morgan fingerprint density at radius 2 is 2.06 bits per heavy atom. The van der Waals surface area contributed by atoms with E-state index in [0.717, 1.165) is 5.56 Å². The molecule has 0 radical (unpaired) electrons. The summed E-state index contributed by atoms with van der Waals surface area (Å²) in [5.41, 5.74) is 6.77. The SMILES string of the molecule is COC(=O)c1ccc(C=C(C#N)C(N)=S)cc1. The van der Waals surface area contributed by atoms with Crippen molar-refractivity contribution in [3.05, 3.63) is 41.0 Å². The predicted molar refractivity (Wildman–Crippen MR) is 68.2 cm³/mol. The Morgan fingerprint density at radius 3 is 2.47 bits per heavy atom. The molecule has 5 heteroatoms. The van der Waals surface area contributed by atoms with Crippen LogP contribution in [0.2, 0.25) is 0 Å². The van der Waals surface area contributed by atoms with Gasteiger partial charge in [0, 0.05) is 0 Å². The Labute approximate surface area is 104 Å². The molecular formula is C12H10N2O2S. The van der Waals surface area contributed by atoms with E-state index in [1.54, 1.807) is 30.3 Å². The number of rotatable bonds is 3. The van der Waals surface area contributed by atoms with Crippen molar-refractivity contribution in [3.8, 4) is 6.07 Å². The van der Waals surface area contributed by atoms with E-state index in [-0.39, 0.29) is 10.6 Å². The van der Waals surface area contributed by atoms with E-state index in [4.69, 9.17) is 23.2 Å². The molecule has 1 aromatic rings. The lowest BCUT2D eigenvalue weighted by atomic mass is 10.1. The number of benzene rings is 1. The molecular weight excluding hydrogens is 236 g/mol. The first-order valence-electron chi connectivity index (χ1n) is 4.68. The number of nitrogens with zero attached hydrogens (tertiary/aromatic N) is 1. The normalized spacial score (nSPS) is 10.5. The van der Waals surface area contributed by atoms with Crippen molar-refractivity contribution in [2.75, 3.05) is 7.11 Å². The molecule has 4 nitrogen and oxygen atoms in total. The average Bonchev–Trinajstić information content (AvgIpc) is 2.35. The van der Waals surface area contributed by atoms with Gasteiger partial charge in [-0.1, -0.05) is 24.4 Å².